The number of hydrogen-bond donors (Lipinski definition) is 0. The number of rotatable bonds is 2. The Bertz CT molecular complexity index is 2900. The summed E-state index contributed by atoms with van der Waals surface area (Å²) in [6, 6.07) is 45.5. The van der Waals surface area contributed by atoms with Crippen molar-refractivity contribution in [1.82, 2.24) is 14.5 Å². The van der Waals surface area contributed by atoms with E-state index in [1.807, 2.05) is 6.07 Å². The molecule has 7 aromatic carbocycles. The maximum Gasteiger partial charge on any atom is 0.235 e. The standard InChI is InChI=1S/C43H27N3O/c1-24-22-27-11-3-5-15-30(27)39-36(24)40(32-17-8-12-25-10-2-4-14-29(25)32)45-43(44-39)46-34-18-9-13-26-20-21-28-23-33-31-16-6-7-19-35(31)47-42(33)41(46)38(28)37(26)34/h2-21,23-24H,22H2,1H3. The molecule has 0 spiro atoms. The molecular weight excluding hydrogens is 574 g/mol. The van der Waals surface area contributed by atoms with Gasteiger partial charge in [0.05, 0.1) is 16.9 Å². The van der Waals surface area contributed by atoms with E-state index in [0.717, 1.165) is 56.3 Å². The van der Waals surface area contributed by atoms with Gasteiger partial charge in [-0.3, -0.25) is 4.57 Å². The van der Waals surface area contributed by atoms with Gasteiger partial charge < -0.3 is 4.42 Å². The molecule has 0 radical (unpaired) electrons. The van der Waals surface area contributed by atoms with Gasteiger partial charge in [-0.15, -0.1) is 0 Å². The molecule has 4 heteroatoms. The number of hydrogen-bond acceptors (Lipinski definition) is 3. The first-order chi connectivity index (χ1) is 23.2. The third-order valence-corrected chi connectivity index (χ3v) is 10.4. The zero-order valence-electron chi connectivity index (χ0n) is 25.7. The average Bonchev–Trinajstić information content (AvgIpc) is 3.67. The summed E-state index contributed by atoms with van der Waals surface area (Å²) in [6.07, 6.45) is 0.955. The molecule has 220 valence electrons. The van der Waals surface area contributed by atoms with Crippen LogP contribution in [0.3, 0.4) is 0 Å². The van der Waals surface area contributed by atoms with Crippen LogP contribution in [0.2, 0.25) is 0 Å². The monoisotopic (exact) mass is 601 g/mol. The van der Waals surface area contributed by atoms with E-state index < -0.39 is 0 Å². The Morgan fingerprint density at radius 2 is 1.32 bits per heavy atom. The van der Waals surface area contributed by atoms with Crippen LogP contribution >= 0.6 is 0 Å². The highest BCUT2D eigenvalue weighted by Gasteiger charge is 2.31. The van der Waals surface area contributed by atoms with E-state index in [0.29, 0.717) is 5.95 Å². The summed E-state index contributed by atoms with van der Waals surface area (Å²) >= 11 is 0. The molecule has 47 heavy (non-hydrogen) atoms. The highest BCUT2D eigenvalue weighted by Crippen LogP contribution is 2.47. The predicted molar refractivity (Wildman–Crippen MR) is 193 cm³/mol. The third kappa shape index (κ3) is 3.31. The smallest absolute Gasteiger partial charge is 0.235 e. The van der Waals surface area contributed by atoms with Crippen molar-refractivity contribution in [2.24, 2.45) is 0 Å². The molecule has 0 bridgehead atoms. The fraction of sp³-hybridized carbons (Fsp3) is 0.0698. The summed E-state index contributed by atoms with van der Waals surface area (Å²) < 4.78 is 9.00. The van der Waals surface area contributed by atoms with E-state index in [-0.39, 0.29) is 5.92 Å². The fourth-order valence-electron chi connectivity index (χ4n) is 8.36. The van der Waals surface area contributed by atoms with E-state index in [1.54, 1.807) is 0 Å². The Kier molecular flexibility index (Phi) is 4.86. The van der Waals surface area contributed by atoms with Crippen LogP contribution in [0.5, 0.6) is 0 Å². The van der Waals surface area contributed by atoms with Crippen molar-refractivity contribution in [1.29, 1.82) is 0 Å². The quantitative estimate of drug-likeness (QED) is 0.185. The zero-order chi connectivity index (χ0) is 30.8. The number of aromatic nitrogens is 3. The zero-order valence-corrected chi connectivity index (χ0v) is 25.7. The van der Waals surface area contributed by atoms with Crippen molar-refractivity contribution < 1.29 is 4.42 Å². The second-order valence-corrected chi connectivity index (χ2v) is 13.0. The molecule has 0 N–H and O–H groups in total. The number of fused-ring (bicyclic) bond motifs is 8. The molecule has 11 rings (SSSR count). The minimum absolute atomic E-state index is 0.257. The summed E-state index contributed by atoms with van der Waals surface area (Å²) in [5.74, 6) is 0.918. The summed E-state index contributed by atoms with van der Waals surface area (Å²) in [5, 5.41) is 9.40. The van der Waals surface area contributed by atoms with Crippen molar-refractivity contribution in [2.45, 2.75) is 19.3 Å². The molecule has 4 nitrogen and oxygen atoms in total. The van der Waals surface area contributed by atoms with Gasteiger partial charge in [0.1, 0.15) is 11.1 Å². The van der Waals surface area contributed by atoms with Crippen LogP contribution in [0.4, 0.5) is 0 Å². The van der Waals surface area contributed by atoms with Crippen LogP contribution in [0.25, 0.3) is 93.8 Å². The van der Waals surface area contributed by atoms with E-state index in [1.165, 1.54) is 49.0 Å². The largest absolute Gasteiger partial charge is 0.454 e. The van der Waals surface area contributed by atoms with Gasteiger partial charge >= 0.3 is 0 Å². The Labute approximate surface area is 269 Å². The number of furan rings is 1. The van der Waals surface area contributed by atoms with E-state index in [4.69, 9.17) is 14.4 Å². The maximum atomic E-state index is 6.73. The lowest BCUT2D eigenvalue weighted by molar-refractivity contribution is 0.670. The Morgan fingerprint density at radius 1 is 0.617 bits per heavy atom. The van der Waals surface area contributed by atoms with Gasteiger partial charge in [-0.25, -0.2) is 9.97 Å². The SMILES string of the molecule is CC1Cc2ccccc2-c2nc(-n3c4cccc5ccc6cc7c8ccccc8oc7c3c6c54)nc(-c3cccc4ccccc34)c21. The number of nitrogens with zero attached hydrogens (tertiary/aromatic N) is 3. The van der Waals surface area contributed by atoms with Crippen LogP contribution in [0, 0.1) is 0 Å². The van der Waals surface area contributed by atoms with Gasteiger partial charge in [0, 0.05) is 38.2 Å². The maximum absolute atomic E-state index is 6.73. The van der Waals surface area contributed by atoms with Crippen molar-refractivity contribution in [3.05, 3.63) is 139 Å². The van der Waals surface area contributed by atoms with Crippen LogP contribution in [-0.2, 0) is 6.42 Å². The van der Waals surface area contributed by atoms with Crippen molar-refractivity contribution >= 4 is 65.3 Å². The Hall–Kier alpha value is -6.00. The number of para-hydroxylation sites is 1. The van der Waals surface area contributed by atoms with Crippen molar-refractivity contribution in [3.8, 4) is 28.5 Å². The van der Waals surface area contributed by atoms with Gasteiger partial charge in [0.2, 0.25) is 5.95 Å². The van der Waals surface area contributed by atoms with Crippen LogP contribution in [0.15, 0.2) is 132 Å². The minimum Gasteiger partial charge on any atom is -0.454 e. The molecule has 0 saturated carbocycles. The molecule has 3 heterocycles. The highest BCUT2D eigenvalue weighted by atomic mass is 16.3. The first-order valence-corrected chi connectivity index (χ1v) is 16.3. The fourth-order valence-corrected chi connectivity index (χ4v) is 8.36. The van der Waals surface area contributed by atoms with E-state index in [9.17, 15) is 0 Å². The Morgan fingerprint density at radius 3 is 2.26 bits per heavy atom. The normalized spacial score (nSPS) is 14.6. The lowest BCUT2D eigenvalue weighted by Gasteiger charge is -2.27. The molecule has 0 fully saturated rings. The van der Waals surface area contributed by atoms with Gasteiger partial charge in [-0.2, -0.15) is 0 Å². The molecule has 0 amide bonds. The van der Waals surface area contributed by atoms with Gasteiger partial charge in [0.15, 0.2) is 5.58 Å². The molecular formula is C43H27N3O. The minimum atomic E-state index is 0.257. The summed E-state index contributed by atoms with van der Waals surface area (Å²) in [6.45, 7) is 2.32. The molecule has 1 aliphatic rings. The van der Waals surface area contributed by atoms with Gasteiger partial charge in [-0.1, -0.05) is 116 Å². The lowest BCUT2D eigenvalue weighted by atomic mass is 9.80. The Balaban J connectivity index is 1.35. The summed E-state index contributed by atoms with van der Waals surface area (Å²) in [4.78, 5) is 11.1. The van der Waals surface area contributed by atoms with Crippen molar-refractivity contribution in [2.75, 3.05) is 0 Å². The van der Waals surface area contributed by atoms with Crippen LogP contribution in [0.1, 0.15) is 24.0 Å². The second-order valence-electron chi connectivity index (χ2n) is 13.0. The molecule has 10 aromatic rings. The van der Waals surface area contributed by atoms with E-state index >= 15 is 0 Å². The van der Waals surface area contributed by atoms with Crippen LogP contribution in [-0.4, -0.2) is 14.5 Å². The number of benzene rings is 7. The summed E-state index contributed by atoms with van der Waals surface area (Å²) in [7, 11) is 0. The first kappa shape index (κ1) is 25.2. The van der Waals surface area contributed by atoms with Gasteiger partial charge in [0.25, 0.3) is 0 Å². The van der Waals surface area contributed by atoms with Crippen LogP contribution < -0.4 is 0 Å². The molecule has 1 aliphatic carbocycles. The topological polar surface area (TPSA) is 43.9 Å². The second kappa shape index (κ2) is 9.05. The molecule has 0 aliphatic heterocycles. The summed E-state index contributed by atoms with van der Waals surface area (Å²) in [5.41, 5.74) is 10.7. The molecule has 1 unspecified atom stereocenters. The highest BCUT2D eigenvalue weighted by molar-refractivity contribution is 6.31. The first-order valence-electron chi connectivity index (χ1n) is 16.3. The lowest BCUT2D eigenvalue weighted by Crippen LogP contribution is -2.15. The molecule has 3 aromatic heterocycles. The third-order valence-electron chi connectivity index (χ3n) is 10.4. The molecule has 0 saturated heterocycles. The molecule has 1 atom stereocenters. The van der Waals surface area contributed by atoms with Crippen molar-refractivity contribution in [3.63, 3.8) is 0 Å². The van der Waals surface area contributed by atoms with Gasteiger partial charge in [-0.05, 0) is 57.6 Å². The van der Waals surface area contributed by atoms with E-state index in [2.05, 4.69) is 133 Å². The average molecular weight is 602 g/mol. The predicted octanol–water partition coefficient (Wildman–Crippen LogP) is 11.2.